The summed E-state index contributed by atoms with van der Waals surface area (Å²) >= 11 is -7.00. The standard InChI is InChI=1S/C3H6N6.2Fe.H4O7P2.6O/c4-1-7-2(5)9-3(6)8-1;;;1-8(2,3)7-9(4,5)6;;;;;;/h(H6,4,5,6,7,8,9);;;(H2,1,2,3)(H2,4,5,6);;;;;;. The third-order valence-electron chi connectivity index (χ3n) is 0.900. The van der Waals surface area contributed by atoms with Crippen LogP contribution in [0.25, 0.3) is 0 Å². The van der Waals surface area contributed by atoms with Crippen molar-refractivity contribution in [1.29, 1.82) is 0 Å². The molecule has 26 heavy (non-hydrogen) atoms. The molecule has 0 saturated heterocycles. The van der Waals surface area contributed by atoms with Crippen molar-refractivity contribution in [3.05, 3.63) is 0 Å². The Morgan fingerprint density at radius 2 is 0.808 bits per heavy atom. The molecular weight excluding hydrogens is 502 g/mol. The SMILES string of the molecule is Nc1nc(N)nc(N)n1.O=P(O)(O)OP(=O)(O)O.[O]=[Fe](=[O])=[O].[O]=[Fe](=[O])=[O]. The van der Waals surface area contributed by atoms with Crippen molar-refractivity contribution < 1.29 is 83.4 Å². The molecule has 0 fully saturated rings. The predicted molar refractivity (Wildman–Crippen MR) is 62.4 cm³/mol. The first kappa shape index (κ1) is 29.3. The molecule has 0 aliphatic rings. The summed E-state index contributed by atoms with van der Waals surface area (Å²) in [4.78, 5) is 41.5. The zero-order valence-electron chi connectivity index (χ0n) is 11.6. The topological polar surface area (TPSA) is 343 Å². The molecule has 0 atom stereocenters. The van der Waals surface area contributed by atoms with Crippen molar-refractivity contribution in [3.8, 4) is 0 Å². The van der Waals surface area contributed by atoms with Crippen LogP contribution in [0.2, 0.25) is 0 Å². The van der Waals surface area contributed by atoms with Crippen LogP contribution in [-0.4, -0.2) is 34.5 Å². The molecule has 156 valence electrons. The van der Waals surface area contributed by atoms with E-state index in [0.717, 1.165) is 0 Å². The fourth-order valence-electron chi connectivity index (χ4n) is 0.566. The van der Waals surface area contributed by atoms with E-state index in [4.69, 9.17) is 59.8 Å². The molecular formula is C3H10Fe2N6O13P2. The van der Waals surface area contributed by atoms with Crippen LogP contribution in [0.3, 0.4) is 0 Å². The monoisotopic (exact) mass is 512 g/mol. The molecule has 1 aromatic rings. The van der Waals surface area contributed by atoms with Gasteiger partial charge in [0.2, 0.25) is 17.8 Å². The van der Waals surface area contributed by atoms with Gasteiger partial charge in [-0.15, -0.1) is 0 Å². The summed E-state index contributed by atoms with van der Waals surface area (Å²) in [5, 5.41) is 0. The van der Waals surface area contributed by atoms with Crippen LogP contribution in [-0.2, 0) is 63.8 Å². The average molecular weight is 512 g/mol. The van der Waals surface area contributed by atoms with Gasteiger partial charge in [-0.05, 0) is 0 Å². The van der Waals surface area contributed by atoms with E-state index >= 15 is 0 Å². The molecule has 19 nitrogen and oxygen atoms in total. The molecule has 0 amide bonds. The molecule has 0 aliphatic carbocycles. The second-order valence-electron chi connectivity index (χ2n) is 2.83. The minimum absolute atomic E-state index is 0.0417. The first-order chi connectivity index (χ1) is 11.4. The van der Waals surface area contributed by atoms with Crippen molar-refractivity contribution in [3.63, 3.8) is 0 Å². The van der Waals surface area contributed by atoms with Crippen LogP contribution in [0.15, 0.2) is 0 Å². The number of nitrogens with zero attached hydrogens (tertiary/aromatic N) is 3. The summed E-state index contributed by atoms with van der Waals surface area (Å²) in [6.45, 7) is 0. The van der Waals surface area contributed by atoms with Gasteiger partial charge in [0.15, 0.2) is 0 Å². The van der Waals surface area contributed by atoms with Crippen molar-refractivity contribution in [2.45, 2.75) is 0 Å². The van der Waals surface area contributed by atoms with Gasteiger partial charge in [0.05, 0.1) is 0 Å². The number of nitrogens with two attached hydrogens (primary N) is 3. The van der Waals surface area contributed by atoms with Crippen LogP contribution in [0.4, 0.5) is 17.8 Å². The molecule has 23 heteroatoms. The number of nitrogen functional groups attached to an aromatic ring is 3. The first-order valence-corrected chi connectivity index (χ1v) is 10.4. The van der Waals surface area contributed by atoms with E-state index in [0.29, 0.717) is 0 Å². The van der Waals surface area contributed by atoms with Gasteiger partial charge in [-0.25, -0.2) is 9.13 Å². The molecule has 0 radical (unpaired) electrons. The van der Waals surface area contributed by atoms with E-state index in [9.17, 15) is 9.13 Å². The molecule has 0 spiro atoms. The summed E-state index contributed by atoms with van der Waals surface area (Å²) in [5.74, 6) is 0.125. The Morgan fingerprint density at radius 1 is 0.654 bits per heavy atom. The van der Waals surface area contributed by atoms with Gasteiger partial charge < -0.3 is 36.8 Å². The number of hydrogen-bond acceptors (Lipinski definition) is 15. The number of anilines is 3. The molecule has 1 aromatic heterocycles. The molecule has 0 unspecified atom stereocenters. The van der Waals surface area contributed by atoms with E-state index in [1.807, 2.05) is 0 Å². The van der Waals surface area contributed by atoms with Gasteiger partial charge in [-0.1, -0.05) is 0 Å². The fourth-order valence-corrected chi connectivity index (χ4v) is 1.67. The zero-order chi connectivity index (χ0) is 21.7. The minimum atomic E-state index is -5.05. The maximum absolute atomic E-state index is 9.63. The molecule has 0 bridgehead atoms. The summed E-state index contributed by atoms with van der Waals surface area (Å²) in [6.07, 6.45) is 0. The predicted octanol–water partition coefficient (Wildman–Crippen LogP) is -2.91. The first-order valence-electron chi connectivity index (χ1n) is 4.60. The summed E-state index contributed by atoms with van der Waals surface area (Å²) in [7, 11) is -10.1. The van der Waals surface area contributed by atoms with Crippen LogP contribution in [0.5, 0.6) is 0 Å². The van der Waals surface area contributed by atoms with Crippen molar-refractivity contribution in [2.24, 2.45) is 0 Å². The third-order valence-corrected chi connectivity index (χ3v) is 2.60. The third kappa shape index (κ3) is 38.2. The van der Waals surface area contributed by atoms with Gasteiger partial charge in [0.25, 0.3) is 0 Å². The second kappa shape index (κ2) is 13.7. The molecule has 1 heterocycles. The number of rotatable bonds is 2. The van der Waals surface area contributed by atoms with Gasteiger partial charge in [-0.3, -0.25) is 0 Å². The van der Waals surface area contributed by atoms with E-state index in [2.05, 4.69) is 19.3 Å². The van der Waals surface area contributed by atoms with Crippen molar-refractivity contribution in [2.75, 3.05) is 17.2 Å². The van der Waals surface area contributed by atoms with Gasteiger partial charge >= 0.3 is 66.0 Å². The molecule has 0 aliphatic heterocycles. The Morgan fingerprint density at radius 3 is 0.885 bits per heavy atom. The van der Waals surface area contributed by atoms with Crippen LogP contribution in [0, 0.1) is 0 Å². The fraction of sp³-hybridized carbons (Fsp3) is 0. The second-order valence-corrected chi connectivity index (χ2v) is 6.55. The number of aromatic nitrogens is 3. The van der Waals surface area contributed by atoms with Crippen LogP contribution >= 0.6 is 15.6 Å². The molecule has 10 N–H and O–H groups in total. The Labute approximate surface area is 149 Å². The van der Waals surface area contributed by atoms with E-state index < -0.39 is 43.0 Å². The van der Waals surface area contributed by atoms with Gasteiger partial charge in [0.1, 0.15) is 0 Å². The molecule has 1 rings (SSSR count). The van der Waals surface area contributed by atoms with E-state index in [1.165, 1.54) is 0 Å². The molecule has 0 aromatic carbocycles. The average Bonchev–Trinajstić information content (AvgIpc) is 2.19. The summed E-state index contributed by atoms with van der Waals surface area (Å²) in [5.41, 5.74) is 15.4. The Bertz CT molecular complexity index is 758. The normalized spacial score (nSPS) is 10.5. The van der Waals surface area contributed by atoms with Gasteiger partial charge in [0, 0.05) is 0 Å². The zero-order valence-corrected chi connectivity index (χ0v) is 15.6. The Kier molecular flexibility index (Phi) is 15.4. The van der Waals surface area contributed by atoms with Crippen LogP contribution < -0.4 is 17.2 Å². The van der Waals surface area contributed by atoms with Crippen LogP contribution in [0.1, 0.15) is 0 Å². The van der Waals surface area contributed by atoms with E-state index in [1.54, 1.807) is 0 Å². The van der Waals surface area contributed by atoms with E-state index in [-0.39, 0.29) is 17.8 Å². The van der Waals surface area contributed by atoms with Crippen molar-refractivity contribution in [1.82, 2.24) is 15.0 Å². The number of phosphoric acid groups is 2. The van der Waals surface area contributed by atoms with Gasteiger partial charge in [-0.2, -0.15) is 19.3 Å². The molecule has 0 saturated carbocycles. The Balaban J connectivity index is -0.000000293. The number of hydrogen-bond donors (Lipinski definition) is 7. The Hall–Kier alpha value is -1.49. The quantitative estimate of drug-likeness (QED) is 0.154. The summed E-state index contributed by atoms with van der Waals surface area (Å²) in [6, 6.07) is 0. The maximum atomic E-state index is 9.63. The van der Waals surface area contributed by atoms with Crippen molar-refractivity contribution >= 4 is 33.5 Å². The summed E-state index contributed by atoms with van der Waals surface area (Å²) < 4.78 is 73.2.